The average Bonchev–Trinajstić information content (AvgIpc) is 2.26. The molecule has 3 heteroatoms. The first-order chi connectivity index (χ1) is 7.28. The van der Waals surface area contributed by atoms with Gasteiger partial charge in [0.1, 0.15) is 0 Å². The summed E-state index contributed by atoms with van der Waals surface area (Å²) in [7, 11) is 0. The van der Waals surface area contributed by atoms with Crippen molar-refractivity contribution in [1.29, 1.82) is 0 Å². The summed E-state index contributed by atoms with van der Waals surface area (Å²) in [6.45, 7) is 8.96. The predicted octanol–water partition coefficient (Wildman–Crippen LogP) is 5.46. The van der Waals surface area contributed by atoms with Gasteiger partial charge in [0.25, 0.3) is 0 Å². The van der Waals surface area contributed by atoms with Crippen molar-refractivity contribution in [2.45, 2.75) is 76.7 Å². The van der Waals surface area contributed by atoms with Gasteiger partial charge in [0.05, 0.1) is 0 Å². The van der Waals surface area contributed by atoms with Gasteiger partial charge in [-0.05, 0) is 25.7 Å². The lowest BCUT2D eigenvalue weighted by molar-refractivity contribution is 0.646. The highest BCUT2D eigenvalue weighted by molar-refractivity contribution is 8.08. The highest BCUT2D eigenvalue weighted by Crippen LogP contribution is 2.30. The molecule has 0 saturated carbocycles. The second-order valence-electron chi connectivity index (χ2n) is 3.90. The van der Waals surface area contributed by atoms with E-state index >= 15 is 0 Å². The molecule has 0 spiro atoms. The summed E-state index contributed by atoms with van der Waals surface area (Å²) in [6.07, 6.45) is 7.48. The molecular formula is C12H26OS2. The highest BCUT2D eigenvalue weighted by atomic mass is 32.2. The van der Waals surface area contributed by atoms with Crippen LogP contribution in [0.4, 0.5) is 0 Å². The first kappa shape index (κ1) is 15.7. The molecule has 0 aliphatic rings. The molecule has 0 amide bonds. The maximum Gasteiger partial charge on any atom is 0.0321 e. The van der Waals surface area contributed by atoms with Gasteiger partial charge in [-0.3, -0.25) is 0 Å². The molecule has 0 heterocycles. The lowest BCUT2D eigenvalue weighted by Crippen LogP contribution is -2.02. The van der Waals surface area contributed by atoms with Gasteiger partial charge in [-0.1, -0.05) is 40.5 Å². The van der Waals surface area contributed by atoms with E-state index in [4.69, 9.17) is 3.63 Å². The molecule has 0 aliphatic carbocycles. The third kappa shape index (κ3) is 8.47. The number of hydrogen-bond acceptors (Lipinski definition) is 3. The summed E-state index contributed by atoms with van der Waals surface area (Å²) in [6, 6.07) is 0. The molecule has 15 heavy (non-hydrogen) atoms. The Morgan fingerprint density at radius 3 is 1.47 bits per heavy atom. The van der Waals surface area contributed by atoms with Crippen molar-refractivity contribution in [1.82, 2.24) is 0 Å². The molecule has 0 aromatic carbocycles. The maximum atomic E-state index is 5.68. The van der Waals surface area contributed by atoms with Crippen LogP contribution in [-0.2, 0) is 3.63 Å². The second kappa shape index (κ2) is 11.2. The quantitative estimate of drug-likeness (QED) is 0.477. The zero-order chi connectivity index (χ0) is 11.5. The van der Waals surface area contributed by atoms with E-state index in [0.29, 0.717) is 10.5 Å². The Balaban J connectivity index is 3.55. The van der Waals surface area contributed by atoms with Crippen molar-refractivity contribution < 1.29 is 3.63 Å². The molecule has 0 rings (SSSR count). The van der Waals surface area contributed by atoms with E-state index in [0.717, 1.165) is 0 Å². The molecule has 0 fully saturated rings. The summed E-state index contributed by atoms with van der Waals surface area (Å²) < 4.78 is 5.68. The van der Waals surface area contributed by atoms with Gasteiger partial charge >= 0.3 is 0 Å². The van der Waals surface area contributed by atoms with Crippen molar-refractivity contribution in [2.24, 2.45) is 0 Å². The SMILES string of the molecule is CCCC(CC)SOSC(CC)CCC. The van der Waals surface area contributed by atoms with Crippen molar-refractivity contribution in [3.05, 3.63) is 0 Å². The van der Waals surface area contributed by atoms with Crippen molar-refractivity contribution in [3.63, 3.8) is 0 Å². The Morgan fingerprint density at radius 1 is 0.800 bits per heavy atom. The van der Waals surface area contributed by atoms with Crippen molar-refractivity contribution >= 4 is 24.1 Å². The smallest absolute Gasteiger partial charge is 0.0321 e. The van der Waals surface area contributed by atoms with Crippen LogP contribution in [0.5, 0.6) is 0 Å². The Labute approximate surface area is 105 Å². The first-order valence-electron chi connectivity index (χ1n) is 6.27. The number of hydrogen-bond donors (Lipinski definition) is 0. The van der Waals surface area contributed by atoms with Crippen molar-refractivity contribution in [3.8, 4) is 0 Å². The second-order valence-corrected chi connectivity index (χ2v) is 6.16. The van der Waals surface area contributed by atoms with Crippen molar-refractivity contribution in [2.75, 3.05) is 0 Å². The van der Waals surface area contributed by atoms with E-state index in [9.17, 15) is 0 Å². The van der Waals surface area contributed by atoms with E-state index in [1.54, 1.807) is 24.1 Å². The lowest BCUT2D eigenvalue weighted by atomic mass is 10.2. The zero-order valence-corrected chi connectivity index (χ0v) is 12.3. The predicted molar refractivity (Wildman–Crippen MR) is 74.2 cm³/mol. The number of rotatable bonds is 10. The van der Waals surface area contributed by atoms with Crippen LogP contribution in [0.3, 0.4) is 0 Å². The standard InChI is InChI=1S/C12H26OS2/c1-5-9-11(7-3)14-13-15-12(8-4)10-6-2/h11-12H,5-10H2,1-4H3. The maximum absolute atomic E-state index is 5.68. The summed E-state index contributed by atoms with van der Waals surface area (Å²) in [5, 5.41) is 1.36. The Bertz CT molecular complexity index is 117. The molecule has 2 atom stereocenters. The Hall–Kier alpha value is 0.660. The Kier molecular flexibility index (Phi) is 11.6. The van der Waals surface area contributed by atoms with E-state index in [2.05, 4.69) is 27.7 Å². The third-order valence-electron chi connectivity index (χ3n) is 2.48. The molecule has 0 N–H and O–H groups in total. The average molecular weight is 250 g/mol. The van der Waals surface area contributed by atoms with E-state index in [1.165, 1.54) is 38.5 Å². The summed E-state index contributed by atoms with van der Waals surface area (Å²) in [5.74, 6) is 0. The topological polar surface area (TPSA) is 9.23 Å². The van der Waals surface area contributed by atoms with Gasteiger partial charge in [-0.25, -0.2) is 3.63 Å². The molecule has 0 saturated heterocycles. The monoisotopic (exact) mass is 250 g/mol. The highest BCUT2D eigenvalue weighted by Gasteiger charge is 2.10. The van der Waals surface area contributed by atoms with Crippen LogP contribution >= 0.6 is 24.1 Å². The molecular weight excluding hydrogens is 224 g/mol. The van der Waals surface area contributed by atoms with Gasteiger partial charge < -0.3 is 0 Å². The fourth-order valence-corrected chi connectivity index (χ4v) is 3.42. The Morgan fingerprint density at radius 2 is 1.20 bits per heavy atom. The fraction of sp³-hybridized carbons (Fsp3) is 1.00. The van der Waals surface area contributed by atoms with Crippen LogP contribution in [0.25, 0.3) is 0 Å². The van der Waals surface area contributed by atoms with E-state index in [-0.39, 0.29) is 0 Å². The molecule has 1 nitrogen and oxygen atoms in total. The van der Waals surface area contributed by atoms with Gasteiger partial charge in [0, 0.05) is 34.6 Å². The van der Waals surface area contributed by atoms with E-state index in [1.807, 2.05) is 0 Å². The minimum atomic E-state index is 0.682. The van der Waals surface area contributed by atoms with E-state index < -0.39 is 0 Å². The van der Waals surface area contributed by atoms with Gasteiger partial charge in [0.15, 0.2) is 0 Å². The van der Waals surface area contributed by atoms with Crippen LogP contribution in [0, 0.1) is 0 Å². The van der Waals surface area contributed by atoms with Gasteiger partial charge in [-0.2, -0.15) is 0 Å². The molecule has 0 bridgehead atoms. The lowest BCUT2D eigenvalue weighted by Gasteiger charge is -2.15. The zero-order valence-electron chi connectivity index (χ0n) is 10.6. The van der Waals surface area contributed by atoms with Crippen LogP contribution in [0.2, 0.25) is 0 Å². The van der Waals surface area contributed by atoms with Crippen LogP contribution in [0.1, 0.15) is 66.2 Å². The minimum absolute atomic E-state index is 0.682. The van der Waals surface area contributed by atoms with Crippen LogP contribution < -0.4 is 0 Å². The molecule has 0 radical (unpaired) electrons. The van der Waals surface area contributed by atoms with Crippen LogP contribution in [0.15, 0.2) is 0 Å². The molecule has 0 aliphatic heterocycles. The summed E-state index contributed by atoms with van der Waals surface area (Å²) >= 11 is 3.36. The third-order valence-corrected chi connectivity index (χ3v) is 4.79. The molecule has 2 unspecified atom stereocenters. The van der Waals surface area contributed by atoms with Crippen LogP contribution in [-0.4, -0.2) is 10.5 Å². The molecule has 92 valence electrons. The summed E-state index contributed by atoms with van der Waals surface area (Å²) in [5.41, 5.74) is 0. The molecule has 0 aromatic heterocycles. The minimum Gasteiger partial charge on any atom is -0.247 e. The summed E-state index contributed by atoms with van der Waals surface area (Å²) in [4.78, 5) is 0. The normalized spacial score (nSPS) is 15.2. The molecule has 0 aromatic rings. The van der Waals surface area contributed by atoms with Gasteiger partial charge in [0.2, 0.25) is 0 Å². The fourth-order valence-electron chi connectivity index (χ4n) is 1.42. The largest absolute Gasteiger partial charge is 0.247 e. The van der Waals surface area contributed by atoms with Gasteiger partial charge in [-0.15, -0.1) is 0 Å². The first-order valence-corrected chi connectivity index (χ1v) is 7.88.